The van der Waals surface area contributed by atoms with Gasteiger partial charge in [0.05, 0.1) is 11.4 Å². The van der Waals surface area contributed by atoms with Crippen molar-refractivity contribution in [2.75, 3.05) is 31.5 Å². The van der Waals surface area contributed by atoms with Gasteiger partial charge < -0.3 is 10.2 Å². The van der Waals surface area contributed by atoms with Crippen molar-refractivity contribution in [3.05, 3.63) is 11.9 Å². The third-order valence-electron chi connectivity index (χ3n) is 2.96. The third-order valence-corrected chi connectivity index (χ3v) is 2.96. The highest BCUT2D eigenvalue weighted by Crippen LogP contribution is 2.11. The lowest BCUT2D eigenvalue weighted by Crippen LogP contribution is -2.25. The molecule has 1 aliphatic rings. The molecular weight excluding hydrogens is 188 g/mol. The maximum Gasteiger partial charge on any atom is 0.0824 e. The van der Waals surface area contributed by atoms with Gasteiger partial charge in [-0.15, -0.1) is 0 Å². The van der Waals surface area contributed by atoms with Gasteiger partial charge >= 0.3 is 0 Å². The van der Waals surface area contributed by atoms with Crippen LogP contribution in [0.4, 0.5) is 5.69 Å². The lowest BCUT2D eigenvalue weighted by molar-refractivity contribution is 0.352. The Bertz CT molecular complexity index is 312. The fourth-order valence-corrected chi connectivity index (χ4v) is 2.13. The first-order chi connectivity index (χ1) is 7.25. The van der Waals surface area contributed by atoms with Gasteiger partial charge in [0.25, 0.3) is 0 Å². The summed E-state index contributed by atoms with van der Waals surface area (Å²) in [5.74, 6) is 0. The molecule has 0 aliphatic carbocycles. The summed E-state index contributed by atoms with van der Waals surface area (Å²) in [6.07, 6.45) is 4.77. The van der Waals surface area contributed by atoms with Crippen molar-refractivity contribution >= 4 is 5.69 Å². The largest absolute Gasteiger partial charge is 0.381 e. The van der Waals surface area contributed by atoms with Crippen molar-refractivity contribution in [3.8, 4) is 0 Å². The van der Waals surface area contributed by atoms with E-state index in [1.54, 1.807) is 0 Å². The first-order valence-electron chi connectivity index (χ1n) is 5.72. The molecule has 4 heteroatoms. The minimum absolute atomic E-state index is 1.02. The van der Waals surface area contributed by atoms with Crippen LogP contribution in [0.1, 0.15) is 18.5 Å². The molecule has 0 spiro atoms. The van der Waals surface area contributed by atoms with Crippen LogP contribution in [-0.2, 0) is 7.05 Å². The van der Waals surface area contributed by atoms with Crippen molar-refractivity contribution in [1.29, 1.82) is 0 Å². The molecule has 0 aromatic carbocycles. The minimum Gasteiger partial charge on any atom is -0.381 e. The van der Waals surface area contributed by atoms with E-state index >= 15 is 0 Å². The van der Waals surface area contributed by atoms with E-state index in [0.29, 0.717) is 0 Å². The predicted molar refractivity (Wildman–Crippen MR) is 62.1 cm³/mol. The molecule has 4 nitrogen and oxygen atoms in total. The molecule has 15 heavy (non-hydrogen) atoms. The molecular formula is C11H20N4. The number of rotatable bonds is 4. The highest BCUT2D eigenvalue weighted by Gasteiger charge is 2.10. The van der Waals surface area contributed by atoms with E-state index < -0.39 is 0 Å². The van der Waals surface area contributed by atoms with Gasteiger partial charge in [0.15, 0.2) is 0 Å². The first-order valence-corrected chi connectivity index (χ1v) is 5.72. The Kier molecular flexibility index (Phi) is 3.26. The molecule has 2 rings (SSSR count). The maximum atomic E-state index is 4.30. The van der Waals surface area contributed by atoms with E-state index in [4.69, 9.17) is 0 Å². The van der Waals surface area contributed by atoms with Crippen molar-refractivity contribution in [1.82, 2.24) is 14.7 Å². The van der Waals surface area contributed by atoms with Crippen LogP contribution in [-0.4, -0.2) is 40.9 Å². The van der Waals surface area contributed by atoms with E-state index in [-0.39, 0.29) is 0 Å². The monoisotopic (exact) mass is 208 g/mol. The molecule has 1 aromatic heterocycles. The van der Waals surface area contributed by atoms with Crippen molar-refractivity contribution in [3.63, 3.8) is 0 Å². The Labute approximate surface area is 91.3 Å². The number of nitrogens with zero attached hydrogens (tertiary/aromatic N) is 3. The van der Waals surface area contributed by atoms with Crippen LogP contribution >= 0.6 is 0 Å². The predicted octanol–water partition coefficient (Wildman–Crippen LogP) is 1.24. The van der Waals surface area contributed by atoms with Crippen LogP contribution in [0.25, 0.3) is 0 Å². The SMILES string of the molecule is Cc1nn(C)cc1NCCN1CCCC1. The average Bonchev–Trinajstić information content (AvgIpc) is 2.77. The van der Waals surface area contributed by atoms with Crippen LogP contribution in [0.3, 0.4) is 0 Å². The second-order valence-electron chi connectivity index (χ2n) is 4.28. The summed E-state index contributed by atoms with van der Waals surface area (Å²) >= 11 is 0. The lowest BCUT2D eigenvalue weighted by atomic mass is 10.4. The lowest BCUT2D eigenvalue weighted by Gasteiger charge is -2.14. The summed E-state index contributed by atoms with van der Waals surface area (Å²) in [5.41, 5.74) is 2.25. The summed E-state index contributed by atoms with van der Waals surface area (Å²) in [5, 5.41) is 7.74. The van der Waals surface area contributed by atoms with E-state index in [2.05, 4.69) is 15.3 Å². The van der Waals surface area contributed by atoms with Crippen LogP contribution in [0.5, 0.6) is 0 Å². The van der Waals surface area contributed by atoms with Gasteiger partial charge in [0, 0.05) is 26.3 Å². The zero-order valence-electron chi connectivity index (χ0n) is 9.66. The normalized spacial score (nSPS) is 17.2. The smallest absolute Gasteiger partial charge is 0.0824 e. The number of hydrogen-bond donors (Lipinski definition) is 1. The maximum absolute atomic E-state index is 4.30. The molecule has 84 valence electrons. The van der Waals surface area contributed by atoms with E-state index in [9.17, 15) is 0 Å². The number of hydrogen-bond acceptors (Lipinski definition) is 3. The molecule has 0 unspecified atom stereocenters. The molecule has 1 fully saturated rings. The number of aromatic nitrogens is 2. The highest BCUT2D eigenvalue weighted by atomic mass is 15.3. The highest BCUT2D eigenvalue weighted by molar-refractivity contribution is 5.45. The Balaban J connectivity index is 1.75. The molecule has 0 radical (unpaired) electrons. The summed E-state index contributed by atoms with van der Waals surface area (Å²) in [6, 6.07) is 0. The van der Waals surface area contributed by atoms with Crippen LogP contribution in [0, 0.1) is 6.92 Å². The summed E-state index contributed by atoms with van der Waals surface area (Å²) < 4.78 is 1.85. The van der Waals surface area contributed by atoms with E-state index in [1.165, 1.54) is 25.9 Å². The quantitative estimate of drug-likeness (QED) is 0.808. The molecule has 0 bridgehead atoms. The fraction of sp³-hybridized carbons (Fsp3) is 0.727. The summed E-state index contributed by atoms with van der Waals surface area (Å²) in [6.45, 7) is 6.75. The van der Waals surface area contributed by atoms with E-state index in [1.807, 2.05) is 24.9 Å². The topological polar surface area (TPSA) is 33.1 Å². The Morgan fingerprint density at radius 1 is 1.40 bits per heavy atom. The second kappa shape index (κ2) is 4.66. The molecule has 0 saturated carbocycles. The van der Waals surface area contributed by atoms with Gasteiger partial charge in [-0.1, -0.05) is 0 Å². The molecule has 1 N–H and O–H groups in total. The van der Waals surface area contributed by atoms with Gasteiger partial charge in [0.1, 0.15) is 0 Å². The molecule has 1 aliphatic heterocycles. The zero-order chi connectivity index (χ0) is 10.7. The Morgan fingerprint density at radius 2 is 2.13 bits per heavy atom. The Morgan fingerprint density at radius 3 is 2.73 bits per heavy atom. The van der Waals surface area contributed by atoms with Gasteiger partial charge in [-0.05, 0) is 32.9 Å². The standard InChI is InChI=1S/C11H20N4/c1-10-11(9-14(2)13-10)12-5-8-15-6-3-4-7-15/h9,12H,3-8H2,1-2H3. The van der Waals surface area contributed by atoms with Gasteiger partial charge in [-0.2, -0.15) is 5.10 Å². The molecule has 1 aromatic rings. The van der Waals surface area contributed by atoms with Gasteiger partial charge in [-0.25, -0.2) is 0 Å². The third kappa shape index (κ3) is 2.72. The van der Waals surface area contributed by atoms with Crippen molar-refractivity contribution in [2.45, 2.75) is 19.8 Å². The fourth-order valence-electron chi connectivity index (χ4n) is 2.13. The number of nitrogens with one attached hydrogen (secondary N) is 1. The van der Waals surface area contributed by atoms with Crippen LogP contribution in [0.2, 0.25) is 0 Å². The number of likely N-dealkylation sites (tertiary alicyclic amines) is 1. The minimum atomic E-state index is 1.02. The molecule has 2 heterocycles. The van der Waals surface area contributed by atoms with E-state index in [0.717, 1.165) is 24.5 Å². The Hall–Kier alpha value is -1.03. The van der Waals surface area contributed by atoms with Crippen molar-refractivity contribution < 1.29 is 0 Å². The number of anilines is 1. The molecule has 1 saturated heterocycles. The number of aryl methyl sites for hydroxylation is 2. The molecule has 0 amide bonds. The second-order valence-corrected chi connectivity index (χ2v) is 4.28. The first kappa shape index (κ1) is 10.5. The summed E-state index contributed by atoms with van der Waals surface area (Å²) in [7, 11) is 1.96. The van der Waals surface area contributed by atoms with Crippen molar-refractivity contribution in [2.24, 2.45) is 7.05 Å². The van der Waals surface area contributed by atoms with Crippen LogP contribution < -0.4 is 5.32 Å². The zero-order valence-corrected chi connectivity index (χ0v) is 9.66. The van der Waals surface area contributed by atoms with Gasteiger partial charge in [0.2, 0.25) is 0 Å². The summed E-state index contributed by atoms with van der Waals surface area (Å²) in [4.78, 5) is 2.51. The van der Waals surface area contributed by atoms with Gasteiger partial charge in [-0.3, -0.25) is 4.68 Å². The molecule has 0 atom stereocenters. The van der Waals surface area contributed by atoms with Crippen LogP contribution in [0.15, 0.2) is 6.20 Å². The average molecular weight is 208 g/mol.